The van der Waals surface area contributed by atoms with Gasteiger partial charge in [-0.2, -0.15) is 0 Å². The van der Waals surface area contributed by atoms with E-state index in [4.69, 9.17) is 0 Å². The molecular weight excluding hydrogens is 374 g/mol. The van der Waals surface area contributed by atoms with E-state index in [9.17, 15) is 9.59 Å². The molecule has 3 aromatic rings. The maximum atomic E-state index is 13.0. The van der Waals surface area contributed by atoms with Crippen LogP contribution in [0, 0.1) is 6.92 Å². The SMILES string of the molecule is CCNC(=O)NC(=O)[C@@H](N[C@H](c1ccccc1)c1ccc(C)cc1)c1ccccc1. The van der Waals surface area contributed by atoms with Crippen molar-refractivity contribution in [3.63, 3.8) is 0 Å². The van der Waals surface area contributed by atoms with Gasteiger partial charge in [0.15, 0.2) is 0 Å². The lowest BCUT2D eigenvalue weighted by atomic mass is 9.95. The lowest BCUT2D eigenvalue weighted by molar-refractivity contribution is -0.122. The number of carbonyl (C=O) groups is 2. The molecule has 5 heteroatoms. The molecule has 0 saturated heterocycles. The monoisotopic (exact) mass is 401 g/mol. The van der Waals surface area contributed by atoms with E-state index in [2.05, 4.69) is 40.2 Å². The highest BCUT2D eigenvalue weighted by Crippen LogP contribution is 2.26. The zero-order valence-corrected chi connectivity index (χ0v) is 17.3. The van der Waals surface area contributed by atoms with Crippen LogP contribution in [0.1, 0.15) is 41.3 Å². The van der Waals surface area contributed by atoms with E-state index in [1.807, 2.05) is 67.6 Å². The second-order valence-electron chi connectivity index (χ2n) is 7.11. The minimum atomic E-state index is -0.708. The first-order chi connectivity index (χ1) is 14.6. The van der Waals surface area contributed by atoms with Crippen molar-refractivity contribution in [2.45, 2.75) is 25.9 Å². The summed E-state index contributed by atoms with van der Waals surface area (Å²) in [4.78, 5) is 25.0. The fourth-order valence-corrected chi connectivity index (χ4v) is 3.31. The summed E-state index contributed by atoms with van der Waals surface area (Å²) in [6.45, 7) is 4.29. The topological polar surface area (TPSA) is 70.2 Å². The number of amides is 3. The molecule has 3 amide bonds. The number of rotatable bonds is 7. The second kappa shape index (κ2) is 10.4. The highest BCUT2D eigenvalue weighted by atomic mass is 16.2. The zero-order valence-electron chi connectivity index (χ0n) is 17.3. The third kappa shape index (κ3) is 5.55. The average molecular weight is 402 g/mol. The van der Waals surface area contributed by atoms with E-state index in [1.165, 1.54) is 5.56 Å². The molecule has 0 radical (unpaired) electrons. The van der Waals surface area contributed by atoms with Gasteiger partial charge in [0.05, 0.1) is 6.04 Å². The van der Waals surface area contributed by atoms with Crippen LogP contribution in [0.4, 0.5) is 4.79 Å². The van der Waals surface area contributed by atoms with E-state index >= 15 is 0 Å². The highest BCUT2D eigenvalue weighted by Gasteiger charge is 2.26. The first-order valence-corrected chi connectivity index (χ1v) is 10.1. The standard InChI is InChI=1S/C25H27N3O2/c1-3-26-25(30)28-24(29)23(20-12-8-5-9-13-20)27-22(19-10-6-4-7-11-19)21-16-14-18(2)15-17-21/h4-17,22-23,27H,3H2,1-2H3,(H2,26,28,29,30)/t22-,23+/m1/s1. The molecule has 5 nitrogen and oxygen atoms in total. The Bertz CT molecular complexity index is 957. The van der Waals surface area contributed by atoms with Gasteiger partial charge >= 0.3 is 6.03 Å². The number of carbonyl (C=O) groups excluding carboxylic acids is 2. The van der Waals surface area contributed by atoms with Crippen molar-refractivity contribution >= 4 is 11.9 Å². The van der Waals surface area contributed by atoms with Gasteiger partial charge in [-0.15, -0.1) is 0 Å². The molecule has 0 unspecified atom stereocenters. The maximum absolute atomic E-state index is 13.0. The predicted octanol–water partition coefficient (Wildman–Crippen LogP) is 4.26. The Hall–Kier alpha value is -3.44. The van der Waals surface area contributed by atoms with Crippen LogP contribution in [-0.4, -0.2) is 18.5 Å². The number of imide groups is 1. The molecule has 0 aliphatic carbocycles. The summed E-state index contributed by atoms with van der Waals surface area (Å²) in [7, 11) is 0. The van der Waals surface area contributed by atoms with Gasteiger partial charge in [0.1, 0.15) is 6.04 Å². The van der Waals surface area contributed by atoms with Crippen molar-refractivity contribution in [2.75, 3.05) is 6.54 Å². The van der Waals surface area contributed by atoms with Gasteiger partial charge in [0, 0.05) is 6.54 Å². The largest absolute Gasteiger partial charge is 0.338 e. The number of hydrogen-bond donors (Lipinski definition) is 3. The van der Waals surface area contributed by atoms with E-state index in [-0.39, 0.29) is 6.04 Å². The summed E-state index contributed by atoms with van der Waals surface area (Å²) >= 11 is 0. The van der Waals surface area contributed by atoms with Gasteiger partial charge < -0.3 is 5.32 Å². The fraction of sp³-hybridized carbons (Fsp3) is 0.200. The van der Waals surface area contributed by atoms with Crippen LogP contribution in [0.5, 0.6) is 0 Å². The van der Waals surface area contributed by atoms with E-state index in [1.54, 1.807) is 6.92 Å². The van der Waals surface area contributed by atoms with Gasteiger partial charge in [0.2, 0.25) is 5.91 Å². The molecule has 3 rings (SSSR count). The summed E-state index contributed by atoms with van der Waals surface area (Å²) in [6.07, 6.45) is 0. The molecule has 0 saturated carbocycles. The molecule has 3 N–H and O–H groups in total. The summed E-state index contributed by atoms with van der Waals surface area (Å²) in [5, 5.41) is 8.53. The highest BCUT2D eigenvalue weighted by molar-refractivity contribution is 5.97. The van der Waals surface area contributed by atoms with E-state index < -0.39 is 18.0 Å². The quantitative estimate of drug-likeness (QED) is 0.554. The second-order valence-corrected chi connectivity index (χ2v) is 7.11. The Morgan fingerprint density at radius 2 is 1.30 bits per heavy atom. The molecule has 3 aromatic carbocycles. The van der Waals surface area contributed by atoms with Crippen LogP contribution < -0.4 is 16.0 Å². The van der Waals surface area contributed by atoms with Crippen molar-refractivity contribution in [1.29, 1.82) is 0 Å². The molecule has 0 bridgehead atoms. The van der Waals surface area contributed by atoms with Crippen molar-refractivity contribution in [1.82, 2.24) is 16.0 Å². The molecular formula is C25H27N3O2. The molecule has 0 heterocycles. The van der Waals surface area contributed by atoms with Gasteiger partial charge in [-0.25, -0.2) is 4.79 Å². The summed E-state index contributed by atoms with van der Waals surface area (Å²) in [5.41, 5.74) is 4.03. The molecule has 0 spiro atoms. The maximum Gasteiger partial charge on any atom is 0.321 e. The predicted molar refractivity (Wildman–Crippen MR) is 119 cm³/mol. The molecule has 0 aromatic heterocycles. The molecule has 0 fully saturated rings. The zero-order chi connectivity index (χ0) is 21.3. The van der Waals surface area contributed by atoms with Gasteiger partial charge in [-0.1, -0.05) is 90.5 Å². The van der Waals surface area contributed by atoms with Crippen LogP contribution in [0.25, 0.3) is 0 Å². The first kappa shape index (κ1) is 21.3. The lowest BCUT2D eigenvalue weighted by Gasteiger charge is -2.26. The molecule has 30 heavy (non-hydrogen) atoms. The number of urea groups is 1. The third-order valence-corrected chi connectivity index (χ3v) is 4.85. The lowest BCUT2D eigenvalue weighted by Crippen LogP contribution is -2.45. The van der Waals surface area contributed by atoms with Crippen LogP contribution in [0.15, 0.2) is 84.9 Å². The van der Waals surface area contributed by atoms with Gasteiger partial charge in [-0.05, 0) is 30.5 Å². The first-order valence-electron chi connectivity index (χ1n) is 10.1. The molecule has 0 aliphatic rings. The Morgan fingerprint density at radius 3 is 1.87 bits per heavy atom. The van der Waals surface area contributed by atoms with Crippen LogP contribution >= 0.6 is 0 Å². The number of nitrogens with one attached hydrogen (secondary N) is 3. The third-order valence-electron chi connectivity index (χ3n) is 4.85. The Labute approximate surface area is 177 Å². The van der Waals surface area contributed by atoms with Crippen LogP contribution in [-0.2, 0) is 4.79 Å². The Kier molecular flexibility index (Phi) is 7.35. The number of aryl methyl sites for hydroxylation is 1. The summed E-state index contributed by atoms with van der Waals surface area (Å²) in [5.74, 6) is -0.403. The molecule has 0 aliphatic heterocycles. The van der Waals surface area contributed by atoms with Crippen LogP contribution in [0.2, 0.25) is 0 Å². The number of benzene rings is 3. The van der Waals surface area contributed by atoms with Crippen molar-refractivity contribution in [3.05, 3.63) is 107 Å². The van der Waals surface area contributed by atoms with E-state index in [0.29, 0.717) is 6.54 Å². The normalized spacial score (nSPS) is 12.6. The summed E-state index contributed by atoms with van der Waals surface area (Å²) in [6, 6.07) is 26.2. The average Bonchev–Trinajstić information content (AvgIpc) is 2.76. The summed E-state index contributed by atoms with van der Waals surface area (Å²) < 4.78 is 0. The molecule has 154 valence electrons. The van der Waals surface area contributed by atoms with Crippen molar-refractivity contribution in [2.24, 2.45) is 0 Å². The Morgan fingerprint density at radius 1 is 0.767 bits per heavy atom. The van der Waals surface area contributed by atoms with Crippen molar-refractivity contribution in [3.8, 4) is 0 Å². The van der Waals surface area contributed by atoms with Gasteiger partial charge in [-0.3, -0.25) is 15.4 Å². The fourth-order valence-electron chi connectivity index (χ4n) is 3.31. The Balaban J connectivity index is 1.96. The minimum Gasteiger partial charge on any atom is -0.338 e. The number of hydrogen-bond acceptors (Lipinski definition) is 3. The molecule has 2 atom stereocenters. The smallest absolute Gasteiger partial charge is 0.321 e. The van der Waals surface area contributed by atoms with E-state index in [0.717, 1.165) is 16.7 Å². The van der Waals surface area contributed by atoms with Crippen LogP contribution in [0.3, 0.4) is 0 Å². The minimum absolute atomic E-state index is 0.225. The van der Waals surface area contributed by atoms with Crippen molar-refractivity contribution < 1.29 is 9.59 Å². The van der Waals surface area contributed by atoms with Gasteiger partial charge in [0.25, 0.3) is 0 Å².